The zero-order chi connectivity index (χ0) is 10.8. The Hall–Kier alpha value is -1.77. The summed E-state index contributed by atoms with van der Waals surface area (Å²) in [5, 5.41) is 2.90. The van der Waals surface area contributed by atoms with E-state index in [1.807, 2.05) is 36.1 Å². The summed E-state index contributed by atoms with van der Waals surface area (Å²) in [6, 6.07) is 6.02. The SMILES string of the molecule is C=CCN1CC(=O)Nc2c(C)cccc21. The zero-order valence-corrected chi connectivity index (χ0v) is 8.79. The molecule has 3 heteroatoms. The van der Waals surface area contributed by atoms with Gasteiger partial charge in [0.2, 0.25) is 5.91 Å². The number of carbonyl (C=O) groups excluding carboxylic acids is 1. The van der Waals surface area contributed by atoms with Crippen molar-refractivity contribution in [1.82, 2.24) is 0 Å². The third kappa shape index (κ3) is 1.73. The molecule has 0 atom stereocenters. The van der Waals surface area contributed by atoms with Gasteiger partial charge >= 0.3 is 0 Å². The minimum absolute atomic E-state index is 0.0404. The van der Waals surface area contributed by atoms with Crippen molar-refractivity contribution in [3.05, 3.63) is 36.4 Å². The summed E-state index contributed by atoms with van der Waals surface area (Å²) < 4.78 is 0. The normalized spacial score (nSPS) is 14.5. The van der Waals surface area contributed by atoms with Crippen LogP contribution in [0, 0.1) is 6.92 Å². The molecule has 78 valence electrons. The number of hydrogen-bond donors (Lipinski definition) is 1. The van der Waals surface area contributed by atoms with Crippen LogP contribution < -0.4 is 10.2 Å². The molecule has 0 aromatic heterocycles. The third-order valence-corrected chi connectivity index (χ3v) is 2.54. The summed E-state index contributed by atoms with van der Waals surface area (Å²) >= 11 is 0. The predicted octanol–water partition coefficient (Wildman–Crippen LogP) is 1.94. The van der Waals surface area contributed by atoms with Crippen molar-refractivity contribution in [3.8, 4) is 0 Å². The number of benzene rings is 1. The van der Waals surface area contributed by atoms with E-state index in [1.165, 1.54) is 0 Å². The Morgan fingerprint density at radius 2 is 2.40 bits per heavy atom. The van der Waals surface area contributed by atoms with Gasteiger partial charge in [0.15, 0.2) is 0 Å². The standard InChI is InChI=1S/C12H14N2O/c1-3-7-14-8-11(15)13-12-9(2)5-4-6-10(12)14/h3-6H,1,7-8H2,2H3,(H,13,15). The first-order valence-electron chi connectivity index (χ1n) is 4.97. The van der Waals surface area contributed by atoms with Crippen molar-refractivity contribution >= 4 is 17.3 Å². The maximum Gasteiger partial charge on any atom is 0.243 e. The van der Waals surface area contributed by atoms with Gasteiger partial charge in [-0.2, -0.15) is 0 Å². The van der Waals surface area contributed by atoms with E-state index in [0.29, 0.717) is 13.1 Å². The van der Waals surface area contributed by atoms with E-state index >= 15 is 0 Å². The van der Waals surface area contributed by atoms with Gasteiger partial charge in [0, 0.05) is 6.54 Å². The lowest BCUT2D eigenvalue weighted by Gasteiger charge is -2.30. The molecular formula is C12H14N2O. The molecule has 0 saturated heterocycles. The summed E-state index contributed by atoms with van der Waals surface area (Å²) in [5.74, 6) is 0.0404. The number of rotatable bonds is 2. The van der Waals surface area contributed by atoms with Crippen molar-refractivity contribution in [1.29, 1.82) is 0 Å². The lowest BCUT2D eigenvalue weighted by Crippen LogP contribution is -2.38. The quantitative estimate of drug-likeness (QED) is 0.743. The maximum atomic E-state index is 11.5. The second kappa shape index (κ2) is 3.77. The topological polar surface area (TPSA) is 32.3 Å². The van der Waals surface area contributed by atoms with E-state index < -0.39 is 0 Å². The first-order valence-corrected chi connectivity index (χ1v) is 4.97. The van der Waals surface area contributed by atoms with E-state index in [1.54, 1.807) is 0 Å². The Morgan fingerprint density at radius 3 is 3.13 bits per heavy atom. The van der Waals surface area contributed by atoms with E-state index in [-0.39, 0.29) is 5.91 Å². The second-order valence-corrected chi connectivity index (χ2v) is 3.69. The van der Waals surface area contributed by atoms with Crippen LogP contribution in [0.25, 0.3) is 0 Å². The van der Waals surface area contributed by atoms with Gasteiger partial charge in [-0.1, -0.05) is 18.2 Å². The highest BCUT2D eigenvalue weighted by molar-refractivity contribution is 6.02. The van der Waals surface area contributed by atoms with Crippen LogP contribution in [0.2, 0.25) is 0 Å². The molecule has 1 aliphatic heterocycles. The number of aryl methyl sites for hydroxylation is 1. The number of nitrogens with zero attached hydrogens (tertiary/aromatic N) is 1. The summed E-state index contributed by atoms with van der Waals surface area (Å²) in [6.07, 6.45) is 1.81. The van der Waals surface area contributed by atoms with Crippen molar-refractivity contribution in [2.45, 2.75) is 6.92 Å². The molecule has 3 nitrogen and oxygen atoms in total. The molecule has 1 aliphatic rings. The number of amides is 1. The summed E-state index contributed by atoms with van der Waals surface area (Å²) in [6.45, 7) is 6.80. The lowest BCUT2D eigenvalue weighted by atomic mass is 10.1. The van der Waals surface area contributed by atoms with Gasteiger partial charge in [0.1, 0.15) is 0 Å². The van der Waals surface area contributed by atoms with Crippen LogP contribution in [0.4, 0.5) is 11.4 Å². The Morgan fingerprint density at radius 1 is 1.60 bits per heavy atom. The van der Waals surface area contributed by atoms with E-state index in [2.05, 4.69) is 11.9 Å². The molecule has 0 aliphatic carbocycles. The molecule has 0 fully saturated rings. The molecule has 15 heavy (non-hydrogen) atoms. The van der Waals surface area contributed by atoms with Gasteiger partial charge in [-0.25, -0.2) is 0 Å². The van der Waals surface area contributed by atoms with Gasteiger partial charge in [-0.05, 0) is 18.6 Å². The predicted molar refractivity (Wildman–Crippen MR) is 62.2 cm³/mol. The molecule has 0 spiro atoms. The summed E-state index contributed by atoms with van der Waals surface area (Å²) in [5.41, 5.74) is 3.10. The average Bonchev–Trinajstić information content (AvgIpc) is 2.20. The Balaban J connectivity index is 2.45. The smallest absolute Gasteiger partial charge is 0.243 e. The van der Waals surface area contributed by atoms with Crippen LogP contribution in [0.5, 0.6) is 0 Å². The average molecular weight is 202 g/mol. The number of para-hydroxylation sites is 1. The number of fused-ring (bicyclic) bond motifs is 1. The fourth-order valence-corrected chi connectivity index (χ4v) is 1.83. The van der Waals surface area contributed by atoms with Crippen LogP contribution in [-0.4, -0.2) is 19.0 Å². The molecule has 1 N–H and O–H groups in total. The summed E-state index contributed by atoms with van der Waals surface area (Å²) in [4.78, 5) is 13.5. The second-order valence-electron chi connectivity index (χ2n) is 3.69. The highest BCUT2D eigenvalue weighted by Gasteiger charge is 2.21. The molecular weight excluding hydrogens is 188 g/mol. The van der Waals surface area contributed by atoms with E-state index in [9.17, 15) is 4.79 Å². The molecule has 1 aromatic rings. The van der Waals surface area contributed by atoms with Gasteiger partial charge in [-0.3, -0.25) is 4.79 Å². The fraction of sp³-hybridized carbons (Fsp3) is 0.250. The lowest BCUT2D eigenvalue weighted by molar-refractivity contribution is -0.115. The monoisotopic (exact) mass is 202 g/mol. The first-order chi connectivity index (χ1) is 7.22. The largest absolute Gasteiger partial charge is 0.357 e. The number of anilines is 2. The molecule has 0 bridgehead atoms. The van der Waals surface area contributed by atoms with Crippen LogP contribution >= 0.6 is 0 Å². The van der Waals surface area contributed by atoms with Gasteiger partial charge in [0.25, 0.3) is 0 Å². The number of carbonyl (C=O) groups is 1. The Labute approximate surface area is 89.4 Å². The highest BCUT2D eigenvalue weighted by Crippen LogP contribution is 2.31. The summed E-state index contributed by atoms with van der Waals surface area (Å²) in [7, 11) is 0. The third-order valence-electron chi connectivity index (χ3n) is 2.54. The minimum Gasteiger partial charge on any atom is -0.357 e. The molecule has 2 rings (SSSR count). The van der Waals surface area contributed by atoms with Crippen LogP contribution in [-0.2, 0) is 4.79 Å². The van der Waals surface area contributed by atoms with Crippen molar-refractivity contribution in [2.24, 2.45) is 0 Å². The van der Waals surface area contributed by atoms with Crippen molar-refractivity contribution in [3.63, 3.8) is 0 Å². The number of nitrogens with one attached hydrogen (secondary N) is 1. The molecule has 1 amide bonds. The van der Waals surface area contributed by atoms with Crippen molar-refractivity contribution < 1.29 is 4.79 Å². The van der Waals surface area contributed by atoms with E-state index in [0.717, 1.165) is 16.9 Å². The Bertz CT molecular complexity index is 412. The molecule has 0 radical (unpaired) electrons. The zero-order valence-electron chi connectivity index (χ0n) is 8.79. The van der Waals surface area contributed by atoms with Gasteiger partial charge in [-0.15, -0.1) is 6.58 Å². The van der Waals surface area contributed by atoms with E-state index in [4.69, 9.17) is 0 Å². The van der Waals surface area contributed by atoms with Gasteiger partial charge in [0.05, 0.1) is 17.9 Å². The molecule has 0 unspecified atom stereocenters. The highest BCUT2D eigenvalue weighted by atomic mass is 16.2. The molecule has 1 heterocycles. The number of hydrogen-bond acceptors (Lipinski definition) is 2. The minimum atomic E-state index is 0.0404. The van der Waals surface area contributed by atoms with Crippen LogP contribution in [0.15, 0.2) is 30.9 Å². The maximum absolute atomic E-state index is 11.5. The molecule has 0 saturated carbocycles. The molecule has 1 aromatic carbocycles. The van der Waals surface area contributed by atoms with Crippen LogP contribution in [0.1, 0.15) is 5.56 Å². The van der Waals surface area contributed by atoms with Crippen molar-refractivity contribution in [2.75, 3.05) is 23.3 Å². The van der Waals surface area contributed by atoms with Crippen LogP contribution in [0.3, 0.4) is 0 Å². The van der Waals surface area contributed by atoms with Gasteiger partial charge < -0.3 is 10.2 Å². The fourth-order valence-electron chi connectivity index (χ4n) is 1.83. The first kappa shape index (κ1) is 9.77. The Kier molecular flexibility index (Phi) is 2.46.